The maximum atomic E-state index is 14.3. The first kappa shape index (κ1) is 46.7. The molecule has 14 nitrogen and oxygen atoms in total. The second-order valence-corrected chi connectivity index (χ2v) is 18.8. The van der Waals surface area contributed by atoms with Crippen LogP contribution in [0.25, 0.3) is 0 Å². The van der Waals surface area contributed by atoms with Gasteiger partial charge in [0.15, 0.2) is 18.4 Å². The zero-order valence-electron chi connectivity index (χ0n) is 37.5. The number of esters is 1. The van der Waals surface area contributed by atoms with Crippen molar-refractivity contribution < 1.29 is 67.5 Å². The van der Waals surface area contributed by atoms with Crippen molar-refractivity contribution >= 4 is 5.97 Å². The molecule has 0 aromatic carbocycles. The standard InChI is InChI=1S/C47H70O14/c1-24(2)41-27(5)16-17-46(61-41)22-33-19-32(60-46)15-14-26(4)42(25(3)12-11-13-31-23-54-44-39(48)28(6)18-34(45(50)57-33)47(31,44)51)58-38-21-36(53-10)43(30(8)56-38)59-37-20-35(52-9)40(49)29(7)55-37/h11-14,16-18,24-25,27,29-30,32-44,48-49,51H,15,19-23H2,1-10H3/b12-11+,26-14+,31-13+/t25-,27-,29-,30-,32+,33-,34-,35-,36-,37-,38-,39+,40-,41+,42-,43-,44+,46+,47?/m0/s1. The summed E-state index contributed by atoms with van der Waals surface area (Å²) in [7, 11) is 3.22. The van der Waals surface area contributed by atoms with Gasteiger partial charge in [0.25, 0.3) is 0 Å². The number of hydrogen-bond donors (Lipinski definition) is 3. The molecule has 61 heavy (non-hydrogen) atoms. The van der Waals surface area contributed by atoms with Crippen LogP contribution < -0.4 is 0 Å². The predicted molar refractivity (Wildman–Crippen MR) is 223 cm³/mol. The minimum atomic E-state index is -1.83. The second kappa shape index (κ2) is 19.0. The van der Waals surface area contributed by atoms with Gasteiger partial charge in [-0.3, -0.25) is 4.79 Å². The van der Waals surface area contributed by atoms with Crippen molar-refractivity contribution in [1.82, 2.24) is 0 Å². The number of fused-ring (bicyclic) bond motifs is 2. The molecule has 0 radical (unpaired) electrons. The number of hydrogen-bond acceptors (Lipinski definition) is 14. The van der Waals surface area contributed by atoms with E-state index in [4.69, 9.17) is 47.4 Å². The van der Waals surface area contributed by atoms with Gasteiger partial charge in [-0.15, -0.1) is 0 Å². The summed E-state index contributed by atoms with van der Waals surface area (Å²) in [6.07, 6.45) is 7.54. The third kappa shape index (κ3) is 9.58. The monoisotopic (exact) mass is 858 g/mol. The SMILES string of the molecule is CO[C@H]1C[C@H](O[C@H]2[C@H](C)O[C@@H](O[C@@H]3/C(C)=C/C[C@@H]4C[C@@H](C[C@]5(C=C[C@H](C)[C@@H](C(C)C)O5)O4)OC(=O)[C@@H]4C=C(C)[C@@H](O)[C@H]5OC/C(=C\C=C\[C@@H]3C)C54O)C[C@@H]2OC)O[C@@H](C)[C@@H]1O. The predicted octanol–water partition coefficient (Wildman–Crippen LogP) is 4.99. The van der Waals surface area contributed by atoms with Crippen molar-refractivity contribution in [1.29, 1.82) is 0 Å². The highest BCUT2D eigenvalue weighted by molar-refractivity contribution is 5.78. The van der Waals surface area contributed by atoms with E-state index in [0.717, 1.165) is 5.57 Å². The molecule has 4 saturated heterocycles. The zero-order chi connectivity index (χ0) is 44.0. The van der Waals surface area contributed by atoms with Crippen LogP contribution in [0.4, 0.5) is 0 Å². The summed E-state index contributed by atoms with van der Waals surface area (Å²) in [5, 5.41) is 34.2. The van der Waals surface area contributed by atoms with E-state index in [1.807, 2.05) is 32.1 Å². The maximum Gasteiger partial charge on any atom is 0.316 e. The van der Waals surface area contributed by atoms with Crippen LogP contribution in [-0.4, -0.2) is 139 Å². The van der Waals surface area contributed by atoms with E-state index in [-0.39, 0.29) is 42.7 Å². The maximum absolute atomic E-state index is 14.3. The average molecular weight is 859 g/mol. The van der Waals surface area contributed by atoms with Crippen LogP contribution >= 0.6 is 0 Å². The number of carbonyl (C=O) groups excluding carboxylic acids is 1. The van der Waals surface area contributed by atoms with Crippen LogP contribution in [0.2, 0.25) is 0 Å². The molecule has 19 atom stereocenters. The van der Waals surface area contributed by atoms with Crippen LogP contribution in [0.1, 0.15) is 87.5 Å². The quantitative estimate of drug-likeness (QED) is 0.231. The van der Waals surface area contributed by atoms with E-state index in [1.165, 1.54) is 0 Å². The molecule has 1 unspecified atom stereocenters. The molecule has 1 aliphatic carbocycles. The van der Waals surface area contributed by atoms with E-state index < -0.39 is 90.8 Å². The summed E-state index contributed by atoms with van der Waals surface area (Å²) in [6.45, 7) is 16.0. The minimum absolute atomic E-state index is 0.0313. The van der Waals surface area contributed by atoms with Gasteiger partial charge in [-0.1, -0.05) is 64.2 Å². The molecule has 0 saturated carbocycles. The van der Waals surface area contributed by atoms with Gasteiger partial charge >= 0.3 is 5.97 Å². The lowest BCUT2D eigenvalue weighted by molar-refractivity contribution is -0.318. The summed E-state index contributed by atoms with van der Waals surface area (Å²) >= 11 is 0. The van der Waals surface area contributed by atoms with Crippen LogP contribution in [-0.2, 0) is 52.2 Å². The fourth-order valence-corrected chi connectivity index (χ4v) is 10.4. The Hall–Kier alpha value is -2.31. The molecular formula is C47H70O14. The second-order valence-electron chi connectivity index (χ2n) is 18.8. The van der Waals surface area contributed by atoms with Gasteiger partial charge in [0, 0.05) is 51.7 Å². The summed E-state index contributed by atoms with van der Waals surface area (Å²) in [5.74, 6) is -2.62. The fourth-order valence-electron chi connectivity index (χ4n) is 10.4. The molecule has 0 aromatic heterocycles. The van der Waals surface area contributed by atoms with Crippen molar-refractivity contribution in [3.63, 3.8) is 0 Å². The van der Waals surface area contributed by atoms with E-state index in [9.17, 15) is 20.1 Å². The Morgan fingerprint density at radius 3 is 2.28 bits per heavy atom. The van der Waals surface area contributed by atoms with Crippen LogP contribution in [0.3, 0.4) is 0 Å². The molecule has 3 N–H and O–H groups in total. The molecule has 7 rings (SSSR count). The zero-order valence-corrected chi connectivity index (χ0v) is 37.5. The van der Waals surface area contributed by atoms with Gasteiger partial charge in [-0.2, -0.15) is 0 Å². The first-order valence-corrected chi connectivity index (χ1v) is 22.3. The molecule has 1 spiro atoms. The van der Waals surface area contributed by atoms with E-state index in [1.54, 1.807) is 40.2 Å². The third-order valence-electron chi connectivity index (χ3n) is 14.0. The molecule has 6 heterocycles. The minimum Gasteiger partial charge on any atom is -0.462 e. The van der Waals surface area contributed by atoms with Crippen molar-refractivity contribution in [3.05, 3.63) is 59.3 Å². The number of ether oxygens (including phenoxy) is 10. The van der Waals surface area contributed by atoms with Crippen molar-refractivity contribution in [3.8, 4) is 0 Å². The van der Waals surface area contributed by atoms with Crippen LogP contribution in [0.15, 0.2) is 59.3 Å². The lowest BCUT2D eigenvalue weighted by Crippen LogP contribution is -2.58. The molecular weight excluding hydrogens is 789 g/mol. The Morgan fingerprint density at radius 2 is 1.56 bits per heavy atom. The van der Waals surface area contributed by atoms with Gasteiger partial charge in [-0.25, -0.2) is 0 Å². The largest absolute Gasteiger partial charge is 0.462 e. The van der Waals surface area contributed by atoms with E-state index in [2.05, 4.69) is 39.8 Å². The molecule has 7 aliphatic rings. The number of allylic oxidation sites excluding steroid dienone is 2. The fraction of sp³-hybridized carbons (Fsp3) is 0.766. The molecule has 14 heteroatoms. The number of aliphatic hydroxyl groups excluding tert-OH is 2. The van der Waals surface area contributed by atoms with Crippen LogP contribution in [0, 0.1) is 23.7 Å². The molecule has 4 fully saturated rings. The third-order valence-corrected chi connectivity index (χ3v) is 14.0. The normalized spacial score (nSPS) is 49.3. The van der Waals surface area contributed by atoms with Crippen LogP contribution in [0.5, 0.6) is 0 Å². The van der Waals surface area contributed by atoms with Crippen molar-refractivity contribution in [2.45, 2.75) is 185 Å². The Kier molecular flexibility index (Phi) is 14.6. The molecule has 0 amide bonds. The lowest BCUT2D eigenvalue weighted by atomic mass is 9.71. The van der Waals surface area contributed by atoms with Gasteiger partial charge < -0.3 is 62.7 Å². The topological polar surface area (TPSA) is 170 Å². The number of carbonyl (C=O) groups is 1. The van der Waals surface area contributed by atoms with Crippen molar-refractivity contribution in [2.75, 3.05) is 20.8 Å². The highest BCUT2D eigenvalue weighted by Crippen LogP contribution is 2.47. The van der Waals surface area contributed by atoms with Crippen molar-refractivity contribution in [2.24, 2.45) is 23.7 Å². The van der Waals surface area contributed by atoms with E-state index >= 15 is 0 Å². The van der Waals surface area contributed by atoms with Gasteiger partial charge in [0.1, 0.15) is 42.0 Å². The first-order valence-electron chi connectivity index (χ1n) is 22.3. The Morgan fingerprint density at radius 1 is 0.852 bits per heavy atom. The Balaban J connectivity index is 1.18. The smallest absolute Gasteiger partial charge is 0.316 e. The summed E-state index contributed by atoms with van der Waals surface area (Å²) < 4.78 is 63.5. The summed E-state index contributed by atoms with van der Waals surface area (Å²) in [4.78, 5) is 14.3. The number of rotatable bonds is 7. The summed E-state index contributed by atoms with van der Waals surface area (Å²) in [5.41, 5.74) is 0.129. The molecule has 6 aliphatic heterocycles. The highest BCUT2D eigenvalue weighted by atomic mass is 16.7. The highest BCUT2D eigenvalue weighted by Gasteiger charge is 2.60. The molecule has 0 aromatic rings. The molecule has 2 bridgehead atoms. The lowest BCUT2D eigenvalue weighted by Gasteiger charge is -2.48. The van der Waals surface area contributed by atoms with E-state index in [0.29, 0.717) is 43.3 Å². The first-order chi connectivity index (χ1) is 29.0. The summed E-state index contributed by atoms with van der Waals surface area (Å²) in [6, 6.07) is 0. The Bertz CT molecular complexity index is 1710. The average Bonchev–Trinajstić information content (AvgIpc) is 3.56. The number of methoxy groups -OCH3 is 2. The van der Waals surface area contributed by atoms with Gasteiger partial charge in [0.2, 0.25) is 0 Å². The Labute approximate surface area is 361 Å². The van der Waals surface area contributed by atoms with Gasteiger partial charge in [-0.05, 0) is 62.8 Å². The van der Waals surface area contributed by atoms with Gasteiger partial charge in [0.05, 0.1) is 49.3 Å². The molecule has 342 valence electrons. The number of aliphatic hydroxyl groups is 3.